The van der Waals surface area contributed by atoms with E-state index < -0.39 is 8.80 Å². The standard InChI is InChI=1S/C15H25NOSi.2ClH.Ti/c1-18(2)11-13-9-5-6-10-15(13,14(16)17)12-7-3-4-8-12;;;/h3-4,7,13,18H,5-6,8-11H2,1-2H3,(H2,16,17);2*1H;/q;;;+3/p-3. The Kier molecular flexibility index (Phi) is 9.78. The van der Waals surface area contributed by atoms with E-state index in [0.717, 1.165) is 12.8 Å². The number of allylic oxidation sites excluding steroid dienone is 3. The van der Waals surface area contributed by atoms with E-state index in [1.807, 2.05) is 0 Å². The number of hydrogen-bond acceptors (Lipinski definition) is 1. The largest absolute Gasteiger partial charge is 1.00 e. The molecule has 0 radical (unpaired) electrons. The fraction of sp³-hybridized carbons (Fsp3) is 0.667. The third-order valence-electron chi connectivity index (χ3n) is 4.69. The van der Waals surface area contributed by atoms with Gasteiger partial charge in [0.15, 0.2) is 0 Å². The zero-order valence-corrected chi connectivity index (χ0v) is 17.0. The second-order valence-electron chi connectivity index (χ2n) is 6.32. The molecule has 0 aromatic heterocycles. The zero-order valence-electron chi connectivity index (χ0n) is 12.8. The molecule has 0 aliphatic heterocycles. The molecule has 2 rings (SSSR count). The third kappa shape index (κ3) is 4.48. The molecule has 2 aliphatic carbocycles. The minimum atomic E-state index is -0.649. The molecule has 1 saturated carbocycles. The van der Waals surface area contributed by atoms with Gasteiger partial charge in [-0.25, -0.2) is 0 Å². The summed E-state index contributed by atoms with van der Waals surface area (Å²) in [5.74, 6) is 0.834. The molecule has 1 amide bonds. The first-order chi connectivity index (χ1) is 9.11. The Labute approximate surface area is 154 Å². The Balaban J connectivity index is 0.00000200. The molecule has 2 nitrogen and oxygen atoms in total. The van der Waals surface area contributed by atoms with Crippen LogP contribution in [-0.4, -0.2) is 14.7 Å². The molecule has 2 aliphatic rings. The van der Waals surface area contributed by atoms with Crippen molar-refractivity contribution in [3.8, 4) is 0 Å². The number of rotatable bonds is 4. The van der Waals surface area contributed by atoms with E-state index in [4.69, 9.17) is 0 Å². The molecule has 1 fully saturated rings. The molecule has 0 aromatic carbocycles. The van der Waals surface area contributed by atoms with E-state index in [0.29, 0.717) is 5.92 Å². The maximum Gasteiger partial charge on any atom is -1.00 e. The van der Waals surface area contributed by atoms with Crippen LogP contribution in [0.5, 0.6) is 0 Å². The first-order valence-corrected chi connectivity index (χ1v) is 11.3. The van der Waals surface area contributed by atoms with Crippen LogP contribution in [0.3, 0.4) is 0 Å². The van der Waals surface area contributed by atoms with E-state index in [1.165, 1.54) is 30.9 Å². The second-order valence-corrected chi connectivity index (χ2v) is 9.97. The Morgan fingerprint density at radius 1 is 1.43 bits per heavy atom. The maximum atomic E-state index is 12.7. The minimum Gasteiger partial charge on any atom is -1.00 e. The summed E-state index contributed by atoms with van der Waals surface area (Å²) in [4.78, 5) is 12.7. The van der Waals surface area contributed by atoms with Gasteiger partial charge in [0.25, 0.3) is 0 Å². The summed E-state index contributed by atoms with van der Waals surface area (Å²) in [5.41, 5.74) is 1.17. The second kappa shape index (κ2) is 9.57. The number of hydrogen-bond donors (Lipinski definition) is 1. The molecule has 6 heteroatoms. The third-order valence-corrected chi connectivity index (χ3v) is 6.56. The van der Waals surface area contributed by atoms with Gasteiger partial charge < -0.3 is 24.8 Å². The van der Waals surface area contributed by atoms with Gasteiger partial charge in [-0.2, -0.15) is 0 Å². The molecule has 2 atom stereocenters. The van der Waals surface area contributed by atoms with Gasteiger partial charge in [0.2, 0.25) is 0 Å². The van der Waals surface area contributed by atoms with Gasteiger partial charge in [-0.3, -0.25) is 0 Å². The summed E-state index contributed by atoms with van der Waals surface area (Å²) in [7, 11) is -0.649. The fourth-order valence-corrected chi connectivity index (χ4v) is 6.01. The van der Waals surface area contributed by atoms with Gasteiger partial charge in [0, 0.05) is 0 Å². The summed E-state index contributed by atoms with van der Waals surface area (Å²) in [6.07, 6.45) is 12.3. The first kappa shape index (κ1) is 21.5. The van der Waals surface area contributed by atoms with E-state index in [-0.39, 0.29) is 36.1 Å². The molecule has 0 spiro atoms. The first-order valence-electron chi connectivity index (χ1n) is 7.44. The predicted octanol–water partition coefficient (Wildman–Crippen LogP) is -2.88. The molecule has 0 bridgehead atoms. The molecule has 2 unspecified atom stereocenters. The van der Waals surface area contributed by atoms with Crippen molar-refractivity contribution in [2.75, 3.05) is 0 Å². The van der Waals surface area contributed by atoms with E-state index >= 15 is 0 Å². The molecule has 117 valence electrons. The minimum absolute atomic E-state index is 0. The van der Waals surface area contributed by atoms with Crippen molar-refractivity contribution < 1.29 is 50.3 Å². The number of carbonyl (C=O) groups is 1. The maximum absolute atomic E-state index is 12.7. The summed E-state index contributed by atoms with van der Waals surface area (Å²) >= 11 is 1.80. The van der Waals surface area contributed by atoms with Crippen LogP contribution in [0.25, 0.3) is 0 Å². The van der Waals surface area contributed by atoms with E-state index in [9.17, 15) is 4.79 Å². The smallest absolute Gasteiger partial charge is 1.00 e. The van der Waals surface area contributed by atoms with Crippen LogP contribution in [0.2, 0.25) is 19.1 Å². The Morgan fingerprint density at radius 3 is 2.67 bits per heavy atom. The molecule has 0 aromatic rings. The summed E-state index contributed by atoms with van der Waals surface area (Å²) in [6.45, 7) is 4.81. The van der Waals surface area contributed by atoms with Gasteiger partial charge in [-0.1, -0.05) is 0 Å². The van der Waals surface area contributed by atoms with Crippen molar-refractivity contribution in [3.63, 3.8) is 0 Å². The van der Waals surface area contributed by atoms with Gasteiger partial charge in [-0.05, 0) is 0 Å². The van der Waals surface area contributed by atoms with Crippen molar-refractivity contribution in [3.05, 3.63) is 23.8 Å². The average molecular weight is 381 g/mol. The van der Waals surface area contributed by atoms with Crippen LogP contribution in [0.15, 0.2) is 23.8 Å². The van der Waals surface area contributed by atoms with Crippen LogP contribution in [0.4, 0.5) is 0 Å². The van der Waals surface area contributed by atoms with Crippen molar-refractivity contribution in [2.24, 2.45) is 11.3 Å². The Hall–Kier alpha value is 0.461. The molecule has 0 saturated heterocycles. The normalized spacial score (nSPS) is 27.7. The summed E-state index contributed by atoms with van der Waals surface area (Å²) in [5, 5.41) is 0. The number of amides is 1. The quantitative estimate of drug-likeness (QED) is 0.521. The average Bonchev–Trinajstić information content (AvgIpc) is 2.92. The number of halogens is 2. The monoisotopic (exact) mass is 380 g/mol. The van der Waals surface area contributed by atoms with Crippen LogP contribution in [0, 0.1) is 11.3 Å². The summed E-state index contributed by atoms with van der Waals surface area (Å²) in [6, 6.07) is 1.30. The van der Waals surface area contributed by atoms with Crippen LogP contribution in [0.1, 0.15) is 32.1 Å². The van der Waals surface area contributed by atoms with Crippen LogP contribution >= 0.6 is 0 Å². The van der Waals surface area contributed by atoms with Gasteiger partial charge in [0.05, 0.1) is 0 Å². The van der Waals surface area contributed by atoms with Crippen molar-refractivity contribution >= 4 is 14.7 Å². The van der Waals surface area contributed by atoms with Crippen LogP contribution < -0.4 is 28.6 Å². The van der Waals surface area contributed by atoms with E-state index in [2.05, 4.69) is 35.1 Å². The Bertz CT molecular complexity index is 414. The fourth-order valence-electron chi connectivity index (χ4n) is 3.89. The molecular formula is C15H24Cl2NOSiTi. The van der Waals surface area contributed by atoms with E-state index in [1.54, 1.807) is 20.7 Å². The predicted molar refractivity (Wildman–Crippen MR) is 78.1 cm³/mol. The summed E-state index contributed by atoms with van der Waals surface area (Å²) < 4.78 is 2.96. The molecular weight excluding hydrogens is 357 g/mol. The van der Waals surface area contributed by atoms with Gasteiger partial charge in [-0.15, -0.1) is 0 Å². The van der Waals surface area contributed by atoms with Gasteiger partial charge in [0.1, 0.15) is 0 Å². The molecule has 0 heterocycles. The van der Waals surface area contributed by atoms with Gasteiger partial charge >= 0.3 is 130 Å². The van der Waals surface area contributed by atoms with Crippen molar-refractivity contribution in [2.45, 2.75) is 51.2 Å². The Morgan fingerprint density at radius 2 is 2.14 bits per heavy atom. The van der Waals surface area contributed by atoms with Crippen molar-refractivity contribution in [1.29, 1.82) is 0 Å². The number of nitrogens with one attached hydrogen (secondary N) is 1. The van der Waals surface area contributed by atoms with Crippen LogP contribution in [-0.2, 0) is 25.5 Å². The molecule has 1 N–H and O–H groups in total. The number of carbonyl (C=O) groups excluding carboxylic acids is 1. The topological polar surface area (TPSA) is 29.1 Å². The zero-order chi connectivity index (χ0) is 13.9. The van der Waals surface area contributed by atoms with Crippen molar-refractivity contribution in [1.82, 2.24) is 3.80 Å². The SMILES string of the molecule is C[SiH](C)CC1CCCCC1(C(=O)[NH][Ti+2])C1=CC=CC1.[Cl-].[Cl-]. The molecule has 21 heavy (non-hydrogen) atoms.